The Morgan fingerprint density at radius 3 is 2.61 bits per heavy atom. The first-order chi connectivity index (χ1) is 8.41. The highest BCUT2D eigenvalue weighted by molar-refractivity contribution is 6.31. The number of hydrogen-bond donors (Lipinski definition) is 0. The van der Waals surface area contributed by atoms with Gasteiger partial charge in [-0.05, 0) is 18.2 Å². The molecule has 0 bridgehead atoms. The summed E-state index contributed by atoms with van der Waals surface area (Å²) in [5, 5.41) is 1.72. The van der Waals surface area contributed by atoms with Crippen molar-refractivity contribution < 1.29 is 0 Å². The summed E-state index contributed by atoms with van der Waals surface area (Å²) in [6.45, 7) is 10.1. The molecule has 0 fully saturated rings. The maximum Gasteiger partial charge on any atom is 0.134 e. The molecule has 0 atom stereocenters. The van der Waals surface area contributed by atoms with Crippen LogP contribution in [0.1, 0.15) is 32.3 Å². The van der Waals surface area contributed by atoms with Crippen molar-refractivity contribution in [3.63, 3.8) is 0 Å². The minimum atomic E-state index is -0.0657. The van der Waals surface area contributed by atoms with Crippen molar-refractivity contribution in [1.82, 2.24) is 9.97 Å². The van der Waals surface area contributed by atoms with E-state index >= 15 is 0 Å². The van der Waals surface area contributed by atoms with Gasteiger partial charge in [-0.1, -0.05) is 38.4 Å². The van der Waals surface area contributed by atoms with Gasteiger partial charge in [0.2, 0.25) is 0 Å². The third-order valence-electron chi connectivity index (χ3n) is 2.75. The summed E-state index contributed by atoms with van der Waals surface area (Å²) in [5.41, 5.74) is 1.86. The molecular weight excluding hydrogens is 244 g/mol. The van der Waals surface area contributed by atoms with Crippen molar-refractivity contribution in [3.05, 3.63) is 47.4 Å². The van der Waals surface area contributed by atoms with Crippen LogP contribution in [0.5, 0.6) is 0 Å². The van der Waals surface area contributed by atoms with E-state index in [1.807, 2.05) is 24.3 Å². The molecule has 0 N–H and O–H groups in total. The summed E-state index contributed by atoms with van der Waals surface area (Å²) in [7, 11) is 0. The van der Waals surface area contributed by atoms with Crippen LogP contribution in [-0.2, 0) is 11.8 Å². The molecule has 0 amide bonds. The maximum absolute atomic E-state index is 6.04. The average molecular weight is 261 g/mol. The number of nitrogens with zero attached hydrogens (tertiary/aromatic N) is 2. The second kappa shape index (κ2) is 4.69. The third kappa shape index (κ3) is 2.54. The van der Waals surface area contributed by atoms with Crippen LogP contribution < -0.4 is 0 Å². The number of rotatable bonds is 2. The standard InChI is InChI=1S/C15H17ClN2/c1-5-6-12-11-9-10(16)7-8-13(11)18-14(17-12)15(2,3)4/h5,7-9H,1,6H2,2-4H3. The van der Waals surface area contributed by atoms with Crippen molar-refractivity contribution in [2.75, 3.05) is 0 Å². The SMILES string of the molecule is C=CCc1nc(C(C)(C)C)nc2ccc(Cl)cc12. The van der Waals surface area contributed by atoms with Gasteiger partial charge in [0.25, 0.3) is 0 Å². The summed E-state index contributed by atoms with van der Waals surface area (Å²) in [6.07, 6.45) is 2.58. The smallest absolute Gasteiger partial charge is 0.134 e. The van der Waals surface area contributed by atoms with Gasteiger partial charge in [0, 0.05) is 22.2 Å². The molecule has 0 unspecified atom stereocenters. The lowest BCUT2D eigenvalue weighted by molar-refractivity contribution is 0.546. The van der Waals surface area contributed by atoms with Gasteiger partial charge >= 0.3 is 0 Å². The molecule has 2 aromatic rings. The first-order valence-electron chi connectivity index (χ1n) is 5.99. The fraction of sp³-hybridized carbons (Fsp3) is 0.333. The van der Waals surface area contributed by atoms with Gasteiger partial charge in [-0.2, -0.15) is 0 Å². The average Bonchev–Trinajstić information content (AvgIpc) is 2.28. The molecule has 0 radical (unpaired) electrons. The van der Waals surface area contributed by atoms with Crippen LogP contribution in [-0.4, -0.2) is 9.97 Å². The molecule has 0 aliphatic carbocycles. The van der Waals surface area contributed by atoms with Crippen molar-refractivity contribution in [2.45, 2.75) is 32.6 Å². The molecular formula is C15H17ClN2. The van der Waals surface area contributed by atoms with Crippen LogP contribution in [0.3, 0.4) is 0 Å². The summed E-state index contributed by atoms with van der Waals surface area (Å²) in [4.78, 5) is 9.29. The normalized spacial score (nSPS) is 11.8. The van der Waals surface area contributed by atoms with E-state index < -0.39 is 0 Å². The largest absolute Gasteiger partial charge is 0.236 e. The second-order valence-corrected chi connectivity index (χ2v) is 5.83. The van der Waals surface area contributed by atoms with Crippen molar-refractivity contribution in [3.8, 4) is 0 Å². The van der Waals surface area contributed by atoms with E-state index in [4.69, 9.17) is 11.6 Å². The van der Waals surface area contributed by atoms with Gasteiger partial charge < -0.3 is 0 Å². The molecule has 94 valence electrons. The number of hydrogen-bond acceptors (Lipinski definition) is 2. The molecule has 0 saturated carbocycles. The lowest BCUT2D eigenvalue weighted by atomic mass is 9.95. The first-order valence-corrected chi connectivity index (χ1v) is 6.37. The zero-order valence-corrected chi connectivity index (χ0v) is 11.8. The van der Waals surface area contributed by atoms with E-state index in [-0.39, 0.29) is 5.41 Å². The van der Waals surface area contributed by atoms with Crippen molar-refractivity contribution in [2.24, 2.45) is 0 Å². The number of aromatic nitrogens is 2. The highest BCUT2D eigenvalue weighted by Crippen LogP contribution is 2.25. The van der Waals surface area contributed by atoms with Gasteiger partial charge in [-0.3, -0.25) is 0 Å². The van der Waals surface area contributed by atoms with Crippen LogP contribution in [0.15, 0.2) is 30.9 Å². The van der Waals surface area contributed by atoms with E-state index in [0.717, 1.165) is 28.8 Å². The predicted octanol–water partition coefficient (Wildman–Crippen LogP) is 4.31. The molecule has 0 aliphatic heterocycles. The zero-order chi connectivity index (χ0) is 13.3. The molecule has 1 aromatic heterocycles. The van der Waals surface area contributed by atoms with Crippen LogP contribution in [0.4, 0.5) is 0 Å². The maximum atomic E-state index is 6.04. The third-order valence-corrected chi connectivity index (χ3v) is 2.98. The summed E-state index contributed by atoms with van der Waals surface area (Å²) in [5.74, 6) is 0.856. The van der Waals surface area contributed by atoms with Gasteiger partial charge in [0.1, 0.15) is 5.82 Å². The zero-order valence-electron chi connectivity index (χ0n) is 11.0. The highest BCUT2D eigenvalue weighted by Gasteiger charge is 2.19. The van der Waals surface area contributed by atoms with E-state index in [0.29, 0.717) is 5.02 Å². The topological polar surface area (TPSA) is 25.8 Å². The molecule has 0 aliphatic rings. The monoisotopic (exact) mass is 260 g/mol. The van der Waals surface area contributed by atoms with E-state index in [2.05, 4.69) is 37.3 Å². The summed E-state index contributed by atoms with van der Waals surface area (Å²) >= 11 is 6.04. The van der Waals surface area contributed by atoms with Crippen LogP contribution in [0, 0.1) is 0 Å². The Kier molecular flexibility index (Phi) is 3.40. The Bertz CT molecular complexity index is 597. The lowest BCUT2D eigenvalue weighted by Gasteiger charge is -2.18. The first kappa shape index (κ1) is 13.0. The van der Waals surface area contributed by atoms with Crippen LogP contribution in [0.2, 0.25) is 5.02 Å². The van der Waals surface area contributed by atoms with Crippen molar-refractivity contribution in [1.29, 1.82) is 0 Å². The van der Waals surface area contributed by atoms with Gasteiger partial charge in [-0.15, -0.1) is 6.58 Å². The molecule has 1 heterocycles. The quantitative estimate of drug-likeness (QED) is 0.752. The summed E-state index contributed by atoms with van der Waals surface area (Å²) in [6, 6.07) is 5.73. The Morgan fingerprint density at radius 2 is 2.00 bits per heavy atom. The van der Waals surface area contributed by atoms with Gasteiger partial charge in [-0.25, -0.2) is 9.97 Å². The van der Waals surface area contributed by atoms with Gasteiger partial charge in [0.15, 0.2) is 0 Å². The Hall–Kier alpha value is -1.41. The van der Waals surface area contributed by atoms with Crippen LogP contribution in [0.25, 0.3) is 10.9 Å². The molecule has 1 aromatic carbocycles. The molecule has 0 spiro atoms. The molecule has 2 rings (SSSR count). The van der Waals surface area contributed by atoms with Gasteiger partial charge in [0.05, 0.1) is 11.2 Å². The molecule has 3 heteroatoms. The highest BCUT2D eigenvalue weighted by atomic mass is 35.5. The number of fused-ring (bicyclic) bond motifs is 1. The minimum absolute atomic E-state index is 0.0657. The van der Waals surface area contributed by atoms with Crippen molar-refractivity contribution >= 4 is 22.5 Å². The second-order valence-electron chi connectivity index (χ2n) is 5.40. The Morgan fingerprint density at radius 1 is 1.28 bits per heavy atom. The Labute approximate surface area is 113 Å². The van der Waals surface area contributed by atoms with E-state index in [1.54, 1.807) is 0 Å². The molecule has 0 saturated heterocycles. The molecule has 18 heavy (non-hydrogen) atoms. The fourth-order valence-electron chi connectivity index (χ4n) is 1.79. The Balaban J connectivity index is 2.74. The minimum Gasteiger partial charge on any atom is -0.236 e. The number of allylic oxidation sites excluding steroid dienone is 1. The number of benzene rings is 1. The summed E-state index contributed by atoms with van der Waals surface area (Å²) < 4.78 is 0. The lowest BCUT2D eigenvalue weighted by Crippen LogP contribution is -2.17. The van der Waals surface area contributed by atoms with E-state index in [9.17, 15) is 0 Å². The predicted molar refractivity (Wildman–Crippen MR) is 77.1 cm³/mol. The fourth-order valence-corrected chi connectivity index (χ4v) is 1.96. The van der Waals surface area contributed by atoms with Crippen LogP contribution >= 0.6 is 11.6 Å². The van der Waals surface area contributed by atoms with E-state index in [1.165, 1.54) is 0 Å². The number of halogens is 1. The molecule has 2 nitrogen and oxygen atoms in total.